The molecule has 12 nitrogen and oxygen atoms in total. The fraction of sp³-hybridized carbons (Fsp3) is 0.667. The fourth-order valence-corrected chi connectivity index (χ4v) is 4.68. The molecule has 0 aliphatic carbocycles. The molecule has 1 atom stereocenters. The molecule has 0 spiro atoms. The molecule has 1 aliphatic heterocycles. The highest BCUT2D eigenvalue weighted by atomic mass is 16.5. The van der Waals surface area contributed by atoms with Crippen molar-refractivity contribution >= 4 is 17.9 Å². The zero-order chi connectivity index (χ0) is 28.6. The number of nitrogens with zero attached hydrogens (tertiary/aromatic N) is 4. The number of hydrogen-bond donors (Lipinski definition) is 3. The highest BCUT2D eigenvalue weighted by molar-refractivity contribution is 5.70. The van der Waals surface area contributed by atoms with Gasteiger partial charge in [0.25, 0.3) is 0 Å². The van der Waals surface area contributed by atoms with Crippen molar-refractivity contribution in [1.29, 1.82) is 0 Å². The van der Waals surface area contributed by atoms with Crippen LogP contribution in [0.15, 0.2) is 24.3 Å². The molecule has 1 aliphatic rings. The van der Waals surface area contributed by atoms with E-state index in [2.05, 4.69) is 4.90 Å². The van der Waals surface area contributed by atoms with Gasteiger partial charge in [-0.1, -0.05) is 19.1 Å². The molecule has 1 fully saturated rings. The van der Waals surface area contributed by atoms with E-state index < -0.39 is 17.9 Å². The Hall–Kier alpha value is -2.77. The Morgan fingerprint density at radius 2 is 1.33 bits per heavy atom. The molecule has 0 aromatic heterocycles. The molecular formula is C27H44N4O8. The van der Waals surface area contributed by atoms with E-state index in [1.807, 2.05) is 47.9 Å². The number of carboxylic acids is 3. The van der Waals surface area contributed by atoms with Gasteiger partial charge in [0.1, 0.15) is 12.4 Å². The lowest BCUT2D eigenvalue weighted by Crippen LogP contribution is -2.53. The Morgan fingerprint density at radius 3 is 1.92 bits per heavy atom. The average molecular weight is 553 g/mol. The van der Waals surface area contributed by atoms with Crippen LogP contribution in [0.2, 0.25) is 0 Å². The van der Waals surface area contributed by atoms with Crippen molar-refractivity contribution in [1.82, 2.24) is 19.6 Å². The van der Waals surface area contributed by atoms with Gasteiger partial charge in [-0.25, -0.2) is 0 Å². The minimum Gasteiger partial charge on any atom is -0.491 e. The Labute approximate surface area is 230 Å². The van der Waals surface area contributed by atoms with Crippen LogP contribution in [0.4, 0.5) is 0 Å². The summed E-state index contributed by atoms with van der Waals surface area (Å²) in [5, 5.41) is 28.6. The summed E-state index contributed by atoms with van der Waals surface area (Å²) in [6.45, 7) is 9.15. The number of carboxylic acid groups (broad SMARTS) is 3. The molecule has 1 aromatic carbocycles. The SMILES string of the molecule is CCOCCOc1ccc(C[C@H]2CN(CC(=O)O)CCN(CC(=O)O)CCN(CC)CCN2CC(=O)O)cc1. The van der Waals surface area contributed by atoms with E-state index in [4.69, 9.17) is 9.47 Å². The summed E-state index contributed by atoms with van der Waals surface area (Å²) in [7, 11) is 0. The monoisotopic (exact) mass is 552 g/mol. The second-order valence-corrected chi connectivity index (χ2v) is 9.64. The molecule has 1 aromatic rings. The first-order valence-electron chi connectivity index (χ1n) is 13.6. The molecule has 12 heteroatoms. The van der Waals surface area contributed by atoms with E-state index in [-0.39, 0.29) is 25.7 Å². The highest BCUT2D eigenvalue weighted by Crippen LogP contribution is 2.17. The van der Waals surface area contributed by atoms with Crippen LogP contribution in [0.25, 0.3) is 0 Å². The van der Waals surface area contributed by atoms with Gasteiger partial charge in [0.2, 0.25) is 0 Å². The molecular weight excluding hydrogens is 508 g/mol. The predicted octanol–water partition coefficient (Wildman–Crippen LogP) is 0.508. The quantitative estimate of drug-likeness (QED) is 0.277. The number of likely N-dealkylation sites (N-methyl/N-ethyl adjacent to an activating group) is 1. The van der Waals surface area contributed by atoms with Gasteiger partial charge in [-0.3, -0.25) is 29.1 Å². The van der Waals surface area contributed by atoms with Crippen molar-refractivity contribution in [2.45, 2.75) is 26.3 Å². The molecule has 0 bridgehead atoms. The summed E-state index contributed by atoms with van der Waals surface area (Å²) in [5.41, 5.74) is 0.981. The van der Waals surface area contributed by atoms with Gasteiger partial charge < -0.3 is 29.7 Å². The van der Waals surface area contributed by atoms with Crippen molar-refractivity contribution < 1.29 is 39.2 Å². The lowest BCUT2D eigenvalue weighted by Gasteiger charge is -2.37. The van der Waals surface area contributed by atoms with E-state index in [0.717, 1.165) is 12.1 Å². The van der Waals surface area contributed by atoms with Crippen LogP contribution in [-0.4, -0.2) is 151 Å². The van der Waals surface area contributed by atoms with Crippen LogP contribution in [0.1, 0.15) is 19.4 Å². The van der Waals surface area contributed by atoms with Crippen molar-refractivity contribution in [2.24, 2.45) is 0 Å². The molecule has 0 unspecified atom stereocenters. The summed E-state index contributed by atoms with van der Waals surface area (Å²) >= 11 is 0. The van der Waals surface area contributed by atoms with Crippen molar-refractivity contribution in [3.8, 4) is 5.75 Å². The van der Waals surface area contributed by atoms with Gasteiger partial charge in [-0.2, -0.15) is 0 Å². The smallest absolute Gasteiger partial charge is 0.317 e. The summed E-state index contributed by atoms with van der Waals surface area (Å²) in [6.07, 6.45) is 0.521. The fourth-order valence-electron chi connectivity index (χ4n) is 4.68. The first kappa shape index (κ1) is 32.4. The van der Waals surface area contributed by atoms with Crippen LogP contribution in [0.5, 0.6) is 5.75 Å². The van der Waals surface area contributed by atoms with E-state index in [9.17, 15) is 29.7 Å². The Bertz CT molecular complexity index is 885. The highest BCUT2D eigenvalue weighted by Gasteiger charge is 2.27. The topological polar surface area (TPSA) is 143 Å². The second-order valence-electron chi connectivity index (χ2n) is 9.64. The normalized spacial score (nSPS) is 19.2. The van der Waals surface area contributed by atoms with Crippen LogP contribution in [0, 0.1) is 0 Å². The zero-order valence-electron chi connectivity index (χ0n) is 23.2. The number of carbonyl (C=O) groups is 3. The first-order chi connectivity index (χ1) is 18.7. The molecule has 0 radical (unpaired) electrons. The van der Waals surface area contributed by atoms with Gasteiger partial charge in [-0.15, -0.1) is 0 Å². The minimum atomic E-state index is -0.985. The predicted molar refractivity (Wildman–Crippen MR) is 145 cm³/mol. The molecule has 1 heterocycles. The maximum atomic E-state index is 11.8. The van der Waals surface area contributed by atoms with E-state index in [0.29, 0.717) is 77.8 Å². The third-order valence-electron chi connectivity index (χ3n) is 6.75. The molecule has 1 saturated heterocycles. The maximum absolute atomic E-state index is 11.8. The summed E-state index contributed by atoms with van der Waals surface area (Å²) in [5.74, 6) is -2.14. The Morgan fingerprint density at radius 1 is 0.769 bits per heavy atom. The first-order valence-corrected chi connectivity index (χ1v) is 13.6. The van der Waals surface area contributed by atoms with Crippen LogP contribution in [0.3, 0.4) is 0 Å². The summed E-state index contributed by atoms with van der Waals surface area (Å²) in [6, 6.07) is 7.36. The number of ether oxygens (including phenoxy) is 2. The van der Waals surface area contributed by atoms with Gasteiger partial charge >= 0.3 is 17.9 Å². The van der Waals surface area contributed by atoms with Crippen molar-refractivity contribution in [3.05, 3.63) is 29.8 Å². The molecule has 39 heavy (non-hydrogen) atoms. The molecule has 0 amide bonds. The van der Waals surface area contributed by atoms with E-state index >= 15 is 0 Å². The number of hydrogen-bond acceptors (Lipinski definition) is 9. The average Bonchev–Trinajstić information content (AvgIpc) is 2.87. The lowest BCUT2D eigenvalue weighted by atomic mass is 10.0. The van der Waals surface area contributed by atoms with Crippen molar-refractivity contribution in [2.75, 3.05) is 91.8 Å². The molecule has 0 saturated carbocycles. The van der Waals surface area contributed by atoms with E-state index in [1.54, 1.807) is 4.90 Å². The third-order valence-corrected chi connectivity index (χ3v) is 6.75. The maximum Gasteiger partial charge on any atom is 0.317 e. The molecule has 2 rings (SSSR count). The Balaban J connectivity index is 2.28. The zero-order valence-corrected chi connectivity index (χ0v) is 23.2. The van der Waals surface area contributed by atoms with Crippen LogP contribution < -0.4 is 4.74 Å². The van der Waals surface area contributed by atoms with Gasteiger partial charge in [0, 0.05) is 58.5 Å². The number of aliphatic carboxylic acids is 3. The lowest BCUT2D eigenvalue weighted by molar-refractivity contribution is -0.141. The number of rotatable bonds is 14. The number of benzene rings is 1. The minimum absolute atomic E-state index is 0.119. The third kappa shape index (κ3) is 13.2. The summed E-state index contributed by atoms with van der Waals surface area (Å²) < 4.78 is 11.0. The van der Waals surface area contributed by atoms with Crippen LogP contribution >= 0.6 is 0 Å². The molecule has 220 valence electrons. The Kier molecular flexibility index (Phi) is 14.8. The second kappa shape index (κ2) is 17.7. The van der Waals surface area contributed by atoms with Gasteiger partial charge in [0.05, 0.1) is 26.2 Å². The van der Waals surface area contributed by atoms with Crippen molar-refractivity contribution in [3.63, 3.8) is 0 Å². The van der Waals surface area contributed by atoms with Gasteiger partial charge in [-0.05, 0) is 37.6 Å². The van der Waals surface area contributed by atoms with Crippen LogP contribution in [-0.2, 0) is 25.5 Å². The largest absolute Gasteiger partial charge is 0.491 e. The van der Waals surface area contributed by atoms with Gasteiger partial charge in [0.15, 0.2) is 0 Å². The van der Waals surface area contributed by atoms with E-state index in [1.165, 1.54) is 0 Å². The standard InChI is InChI=1S/C27H44N4O8/c1-3-28-9-10-29(19-25(32)33)11-12-30(20-26(34)35)18-23(31(14-13-28)21-27(36)37)17-22-5-7-24(8-6-22)39-16-15-38-4-2/h5-8,23H,3-4,9-21H2,1-2H3,(H,32,33)(H,34,35)(H,36,37)/t23-/m0/s1. The molecule has 3 N–H and O–H groups in total. The summed E-state index contributed by atoms with van der Waals surface area (Å²) in [4.78, 5) is 42.7.